The molecular weight excluding hydrogens is 196 g/mol. The fourth-order valence-electron chi connectivity index (χ4n) is 2.31. The Hall–Kier alpha value is -1.38. The summed E-state index contributed by atoms with van der Waals surface area (Å²) < 4.78 is 0. The van der Waals surface area contributed by atoms with Crippen molar-refractivity contribution >= 4 is 10.8 Å². The van der Waals surface area contributed by atoms with Crippen molar-refractivity contribution in [3.8, 4) is 0 Å². The molecule has 2 aromatic carbocycles. The lowest BCUT2D eigenvalue weighted by molar-refractivity contribution is 0.430. The van der Waals surface area contributed by atoms with E-state index in [0.29, 0.717) is 6.04 Å². The van der Waals surface area contributed by atoms with Gasteiger partial charge in [-0.1, -0.05) is 36.4 Å². The van der Waals surface area contributed by atoms with Gasteiger partial charge in [-0.25, -0.2) is 0 Å². The number of benzene rings is 2. The van der Waals surface area contributed by atoms with Crippen molar-refractivity contribution in [1.82, 2.24) is 10.6 Å². The average molecular weight is 212 g/mol. The predicted molar refractivity (Wildman–Crippen MR) is 67.6 cm³/mol. The second-order valence-corrected chi connectivity index (χ2v) is 4.32. The van der Waals surface area contributed by atoms with Crippen LogP contribution in [-0.2, 0) is 0 Å². The zero-order chi connectivity index (χ0) is 10.8. The van der Waals surface area contributed by atoms with E-state index in [1.54, 1.807) is 0 Å². The first-order valence-corrected chi connectivity index (χ1v) is 5.86. The fraction of sp³-hybridized carbons (Fsp3) is 0.286. The van der Waals surface area contributed by atoms with Gasteiger partial charge in [0.2, 0.25) is 0 Å². The first-order valence-electron chi connectivity index (χ1n) is 5.86. The zero-order valence-electron chi connectivity index (χ0n) is 9.24. The summed E-state index contributed by atoms with van der Waals surface area (Å²) >= 11 is 0. The van der Waals surface area contributed by atoms with Crippen LogP contribution in [-0.4, -0.2) is 19.6 Å². The summed E-state index contributed by atoms with van der Waals surface area (Å²) in [6.07, 6.45) is 0. The number of nitrogens with one attached hydrogen (secondary N) is 2. The Morgan fingerprint density at radius 1 is 0.938 bits per heavy atom. The molecular formula is C14H16N2. The number of hydrogen-bond acceptors (Lipinski definition) is 2. The molecule has 2 aromatic rings. The summed E-state index contributed by atoms with van der Waals surface area (Å²) in [6, 6.07) is 15.7. The Morgan fingerprint density at radius 2 is 1.81 bits per heavy atom. The molecule has 1 aliphatic heterocycles. The van der Waals surface area contributed by atoms with Crippen LogP contribution in [0, 0.1) is 0 Å². The molecule has 1 aliphatic rings. The summed E-state index contributed by atoms with van der Waals surface area (Å²) in [5.74, 6) is 0. The van der Waals surface area contributed by atoms with Crippen molar-refractivity contribution in [1.29, 1.82) is 0 Å². The van der Waals surface area contributed by atoms with Crippen molar-refractivity contribution in [2.75, 3.05) is 19.6 Å². The Bertz CT molecular complexity index is 487. The molecule has 0 unspecified atom stereocenters. The lowest BCUT2D eigenvalue weighted by atomic mass is 10.0. The molecule has 1 saturated heterocycles. The monoisotopic (exact) mass is 212 g/mol. The molecule has 1 fully saturated rings. The van der Waals surface area contributed by atoms with E-state index in [9.17, 15) is 0 Å². The summed E-state index contributed by atoms with van der Waals surface area (Å²) in [5, 5.41) is 9.60. The van der Waals surface area contributed by atoms with Gasteiger partial charge in [-0.15, -0.1) is 0 Å². The molecule has 0 saturated carbocycles. The van der Waals surface area contributed by atoms with Gasteiger partial charge in [0.1, 0.15) is 0 Å². The van der Waals surface area contributed by atoms with Gasteiger partial charge in [-0.05, 0) is 22.4 Å². The SMILES string of the molecule is c1ccc2cc([C@@H]3CNCCN3)ccc2c1. The largest absolute Gasteiger partial charge is 0.314 e. The molecule has 0 amide bonds. The van der Waals surface area contributed by atoms with Gasteiger partial charge in [-0.2, -0.15) is 0 Å². The standard InChI is InChI=1S/C14H16N2/c1-2-4-12-9-13(6-5-11(12)3-1)14-10-15-7-8-16-14/h1-6,9,14-16H,7-8,10H2/t14-/m0/s1. The summed E-state index contributed by atoms with van der Waals surface area (Å²) in [4.78, 5) is 0. The molecule has 1 heterocycles. The molecule has 3 rings (SSSR count). The first kappa shape index (κ1) is 9.82. The molecule has 0 bridgehead atoms. The van der Waals surface area contributed by atoms with Crippen LogP contribution in [0.3, 0.4) is 0 Å². The maximum Gasteiger partial charge on any atom is 0.0447 e. The second kappa shape index (κ2) is 4.24. The normalized spacial score (nSPS) is 21.1. The number of piperazine rings is 1. The number of hydrogen-bond donors (Lipinski definition) is 2. The van der Waals surface area contributed by atoms with E-state index in [2.05, 4.69) is 53.1 Å². The van der Waals surface area contributed by atoms with E-state index < -0.39 is 0 Å². The molecule has 2 heteroatoms. The number of rotatable bonds is 1. The van der Waals surface area contributed by atoms with Crippen molar-refractivity contribution in [3.63, 3.8) is 0 Å². The highest BCUT2D eigenvalue weighted by molar-refractivity contribution is 5.83. The third-order valence-electron chi connectivity index (χ3n) is 3.22. The summed E-state index contributed by atoms with van der Waals surface area (Å²) in [5.41, 5.74) is 1.38. The quantitative estimate of drug-likeness (QED) is 0.756. The minimum Gasteiger partial charge on any atom is -0.314 e. The maximum absolute atomic E-state index is 3.54. The predicted octanol–water partition coefficient (Wildman–Crippen LogP) is 2.07. The van der Waals surface area contributed by atoms with E-state index >= 15 is 0 Å². The van der Waals surface area contributed by atoms with Crippen molar-refractivity contribution < 1.29 is 0 Å². The van der Waals surface area contributed by atoms with E-state index in [1.807, 2.05) is 0 Å². The Morgan fingerprint density at radius 3 is 2.62 bits per heavy atom. The van der Waals surface area contributed by atoms with Gasteiger partial charge in [0.15, 0.2) is 0 Å². The van der Waals surface area contributed by atoms with Crippen LogP contribution in [0.1, 0.15) is 11.6 Å². The molecule has 0 aliphatic carbocycles. The van der Waals surface area contributed by atoms with Crippen LogP contribution >= 0.6 is 0 Å². The third kappa shape index (κ3) is 1.82. The van der Waals surface area contributed by atoms with Crippen LogP contribution in [0.15, 0.2) is 42.5 Å². The summed E-state index contributed by atoms with van der Waals surface area (Å²) in [6.45, 7) is 3.15. The Balaban J connectivity index is 1.97. The van der Waals surface area contributed by atoms with Crippen LogP contribution in [0.2, 0.25) is 0 Å². The second-order valence-electron chi connectivity index (χ2n) is 4.32. The third-order valence-corrected chi connectivity index (χ3v) is 3.22. The van der Waals surface area contributed by atoms with E-state index in [0.717, 1.165) is 19.6 Å². The van der Waals surface area contributed by atoms with Gasteiger partial charge >= 0.3 is 0 Å². The lowest BCUT2D eigenvalue weighted by Gasteiger charge is -2.25. The highest BCUT2D eigenvalue weighted by Gasteiger charge is 2.13. The van der Waals surface area contributed by atoms with E-state index in [-0.39, 0.29) is 0 Å². The minimum atomic E-state index is 0.457. The fourth-order valence-corrected chi connectivity index (χ4v) is 2.31. The van der Waals surface area contributed by atoms with Gasteiger partial charge < -0.3 is 10.6 Å². The van der Waals surface area contributed by atoms with Crippen LogP contribution in [0.25, 0.3) is 10.8 Å². The van der Waals surface area contributed by atoms with Gasteiger partial charge in [0, 0.05) is 25.7 Å². The molecule has 2 N–H and O–H groups in total. The molecule has 82 valence electrons. The Kier molecular flexibility index (Phi) is 2.60. The Labute approximate surface area is 95.7 Å². The van der Waals surface area contributed by atoms with Crippen molar-refractivity contribution in [3.05, 3.63) is 48.0 Å². The minimum absolute atomic E-state index is 0.457. The number of fused-ring (bicyclic) bond motifs is 1. The lowest BCUT2D eigenvalue weighted by Crippen LogP contribution is -2.42. The van der Waals surface area contributed by atoms with Gasteiger partial charge in [-0.3, -0.25) is 0 Å². The molecule has 2 nitrogen and oxygen atoms in total. The van der Waals surface area contributed by atoms with Gasteiger partial charge in [0.05, 0.1) is 0 Å². The van der Waals surface area contributed by atoms with Crippen LogP contribution in [0.4, 0.5) is 0 Å². The van der Waals surface area contributed by atoms with E-state index in [4.69, 9.17) is 0 Å². The molecule has 0 aromatic heterocycles. The maximum atomic E-state index is 3.54. The van der Waals surface area contributed by atoms with Crippen molar-refractivity contribution in [2.45, 2.75) is 6.04 Å². The molecule has 16 heavy (non-hydrogen) atoms. The zero-order valence-corrected chi connectivity index (χ0v) is 9.24. The van der Waals surface area contributed by atoms with Gasteiger partial charge in [0.25, 0.3) is 0 Å². The highest BCUT2D eigenvalue weighted by atomic mass is 15.1. The van der Waals surface area contributed by atoms with Crippen LogP contribution in [0.5, 0.6) is 0 Å². The van der Waals surface area contributed by atoms with E-state index in [1.165, 1.54) is 16.3 Å². The highest BCUT2D eigenvalue weighted by Crippen LogP contribution is 2.20. The molecule has 1 atom stereocenters. The average Bonchev–Trinajstić information content (AvgIpc) is 2.39. The molecule has 0 spiro atoms. The smallest absolute Gasteiger partial charge is 0.0447 e. The van der Waals surface area contributed by atoms with Crippen molar-refractivity contribution in [2.24, 2.45) is 0 Å². The first-order chi connectivity index (χ1) is 7.93. The molecule has 0 radical (unpaired) electrons. The van der Waals surface area contributed by atoms with Crippen LogP contribution < -0.4 is 10.6 Å². The topological polar surface area (TPSA) is 24.1 Å². The summed E-state index contributed by atoms with van der Waals surface area (Å²) in [7, 11) is 0.